The number of carbonyl (C=O) groups is 1. The molecule has 4 N–H and O–H groups in total. The van der Waals surface area contributed by atoms with E-state index in [1.165, 1.54) is 12.5 Å². The molecule has 27 heavy (non-hydrogen) atoms. The zero-order valence-electron chi connectivity index (χ0n) is 13.6. The lowest BCUT2D eigenvalue weighted by molar-refractivity contribution is -0.113. The number of hydrazone groups is 1. The van der Waals surface area contributed by atoms with Gasteiger partial charge in [0.15, 0.2) is 0 Å². The highest BCUT2D eigenvalue weighted by Crippen LogP contribution is 2.19. The van der Waals surface area contributed by atoms with Crippen molar-refractivity contribution in [3.8, 4) is 0 Å². The summed E-state index contributed by atoms with van der Waals surface area (Å²) in [6, 6.07) is 6.29. The van der Waals surface area contributed by atoms with E-state index >= 15 is 0 Å². The summed E-state index contributed by atoms with van der Waals surface area (Å²) in [5, 5.41) is 14.1. The number of nitrogens with zero attached hydrogens (tertiary/aromatic N) is 4. The Balaban J connectivity index is 1.53. The molecule has 0 aliphatic rings. The number of hydrogen-bond acceptors (Lipinski definition) is 8. The first kappa shape index (κ1) is 18.4. The van der Waals surface area contributed by atoms with E-state index in [0.29, 0.717) is 11.8 Å². The van der Waals surface area contributed by atoms with Crippen molar-refractivity contribution in [2.45, 2.75) is 5.16 Å². The second-order valence-corrected chi connectivity index (χ2v) is 5.97. The first-order valence-electron chi connectivity index (χ1n) is 7.43. The molecule has 9 nitrogen and oxygen atoms in total. The number of nitrogens with two attached hydrogens (primary N) is 1. The van der Waals surface area contributed by atoms with E-state index < -0.39 is 17.5 Å². The van der Waals surface area contributed by atoms with Crippen molar-refractivity contribution >= 4 is 35.5 Å². The Morgan fingerprint density at radius 2 is 2.22 bits per heavy atom. The summed E-state index contributed by atoms with van der Waals surface area (Å²) >= 11 is 0.981. The van der Waals surface area contributed by atoms with Gasteiger partial charge in [-0.3, -0.25) is 4.79 Å². The molecule has 1 amide bonds. The summed E-state index contributed by atoms with van der Waals surface area (Å²) < 4.78 is 32.6. The molecule has 0 fully saturated rings. The first-order valence-corrected chi connectivity index (χ1v) is 8.42. The number of hydrogen-bond donors (Lipinski definition) is 3. The minimum absolute atomic E-state index is 0.109. The molecule has 2 heterocycles. The quantitative estimate of drug-likeness (QED) is 0.243. The van der Waals surface area contributed by atoms with Gasteiger partial charge in [-0.05, 0) is 24.3 Å². The van der Waals surface area contributed by atoms with Gasteiger partial charge in [0.05, 0.1) is 23.9 Å². The second-order valence-electron chi connectivity index (χ2n) is 5.02. The molecule has 0 radical (unpaired) electrons. The molecule has 0 aliphatic heterocycles. The lowest BCUT2D eigenvalue weighted by atomic mass is 10.3. The average molecular weight is 393 g/mol. The Labute approximate surface area is 155 Å². The van der Waals surface area contributed by atoms with E-state index in [-0.39, 0.29) is 22.5 Å². The summed E-state index contributed by atoms with van der Waals surface area (Å²) in [6.45, 7) is 0. The van der Waals surface area contributed by atoms with Crippen LogP contribution in [0.3, 0.4) is 0 Å². The number of rotatable bonds is 7. The van der Waals surface area contributed by atoms with Gasteiger partial charge in [0, 0.05) is 6.07 Å². The molecular weight excluding hydrogens is 380 g/mol. The topological polar surface area (TPSA) is 123 Å². The summed E-state index contributed by atoms with van der Waals surface area (Å²) in [5.41, 5.74) is 2.47. The Bertz CT molecular complexity index is 959. The minimum Gasteiger partial charge on any atom is -0.463 e. The van der Waals surface area contributed by atoms with Crippen molar-refractivity contribution in [3.05, 3.63) is 54.0 Å². The number of benzene rings is 1. The third kappa shape index (κ3) is 4.82. The predicted molar refractivity (Wildman–Crippen MR) is 95.8 cm³/mol. The standard InChI is InChI=1S/C15H13F2N7O2S/c16-9-3-4-12(11(17)6-9)20-13(25)8-27-15-23-22-14(24(15)18)21-19-7-10-2-1-5-26-10/h1-7H,8,18H2,(H,20,25)(H,21,22)/b19-7+. The maximum Gasteiger partial charge on any atom is 0.264 e. The van der Waals surface area contributed by atoms with Crippen LogP contribution in [-0.4, -0.2) is 32.7 Å². The third-order valence-electron chi connectivity index (χ3n) is 3.10. The Morgan fingerprint density at radius 1 is 1.37 bits per heavy atom. The monoisotopic (exact) mass is 393 g/mol. The number of aromatic nitrogens is 3. The molecule has 1 aromatic carbocycles. The van der Waals surface area contributed by atoms with Crippen molar-refractivity contribution < 1.29 is 18.0 Å². The van der Waals surface area contributed by atoms with Crippen LogP contribution in [-0.2, 0) is 4.79 Å². The SMILES string of the molecule is Nn1c(N/N=C/c2ccco2)nnc1SCC(=O)Nc1ccc(F)cc1F. The fourth-order valence-electron chi connectivity index (χ4n) is 1.88. The molecule has 3 aromatic rings. The van der Waals surface area contributed by atoms with Crippen LogP contribution in [0.1, 0.15) is 5.76 Å². The van der Waals surface area contributed by atoms with Gasteiger partial charge in [-0.1, -0.05) is 11.8 Å². The predicted octanol–water partition coefficient (Wildman–Crippen LogP) is 2.04. The molecule has 0 spiro atoms. The summed E-state index contributed by atoms with van der Waals surface area (Å²) in [4.78, 5) is 11.9. The van der Waals surface area contributed by atoms with Crippen LogP contribution in [0.15, 0.2) is 51.3 Å². The van der Waals surface area contributed by atoms with E-state index in [0.717, 1.165) is 28.6 Å². The molecule has 0 saturated carbocycles. The summed E-state index contributed by atoms with van der Waals surface area (Å²) in [7, 11) is 0. The van der Waals surface area contributed by atoms with Crippen LogP contribution in [0, 0.1) is 11.6 Å². The molecule has 140 valence electrons. The average Bonchev–Trinajstić information content (AvgIpc) is 3.27. The lowest BCUT2D eigenvalue weighted by Gasteiger charge is -2.06. The second kappa shape index (κ2) is 8.31. The highest BCUT2D eigenvalue weighted by atomic mass is 32.2. The van der Waals surface area contributed by atoms with Crippen molar-refractivity contribution in [2.24, 2.45) is 5.10 Å². The number of nitrogen functional groups attached to an aromatic ring is 1. The fraction of sp³-hybridized carbons (Fsp3) is 0.0667. The number of thioether (sulfide) groups is 1. The van der Waals surface area contributed by atoms with E-state index in [4.69, 9.17) is 10.3 Å². The molecule has 0 bridgehead atoms. The molecular formula is C15H13F2N7O2S. The summed E-state index contributed by atoms with van der Waals surface area (Å²) in [6.07, 6.45) is 2.93. The summed E-state index contributed by atoms with van der Waals surface area (Å²) in [5.74, 6) is 4.28. The number of nitrogens with one attached hydrogen (secondary N) is 2. The minimum atomic E-state index is -0.865. The van der Waals surface area contributed by atoms with Crippen molar-refractivity contribution in [1.82, 2.24) is 14.9 Å². The van der Waals surface area contributed by atoms with Crippen molar-refractivity contribution in [2.75, 3.05) is 22.3 Å². The lowest BCUT2D eigenvalue weighted by Crippen LogP contribution is -2.17. The smallest absolute Gasteiger partial charge is 0.264 e. The van der Waals surface area contributed by atoms with Crippen molar-refractivity contribution in [3.63, 3.8) is 0 Å². The van der Waals surface area contributed by atoms with Crippen molar-refractivity contribution in [1.29, 1.82) is 0 Å². The normalized spacial score (nSPS) is 11.0. The highest BCUT2D eigenvalue weighted by Gasteiger charge is 2.13. The first-order chi connectivity index (χ1) is 13.0. The van der Waals surface area contributed by atoms with E-state index in [2.05, 4.69) is 26.0 Å². The molecule has 0 atom stereocenters. The molecule has 0 aliphatic carbocycles. The van der Waals surface area contributed by atoms with Gasteiger partial charge in [0.2, 0.25) is 11.1 Å². The maximum absolute atomic E-state index is 13.5. The molecule has 12 heteroatoms. The van der Waals surface area contributed by atoms with Gasteiger partial charge >= 0.3 is 0 Å². The number of furan rings is 1. The van der Waals surface area contributed by atoms with Gasteiger partial charge in [0.25, 0.3) is 5.95 Å². The van der Waals surface area contributed by atoms with Crippen LogP contribution in [0.25, 0.3) is 0 Å². The molecule has 2 aromatic heterocycles. The Hall–Kier alpha value is -3.41. The van der Waals surface area contributed by atoms with Gasteiger partial charge < -0.3 is 15.6 Å². The highest BCUT2D eigenvalue weighted by molar-refractivity contribution is 7.99. The van der Waals surface area contributed by atoms with E-state index in [9.17, 15) is 13.6 Å². The number of anilines is 2. The van der Waals surface area contributed by atoms with Gasteiger partial charge in [-0.25, -0.2) is 18.9 Å². The zero-order valence-corrected chi connectivity index (χ0v) is 14.4. The fourth-order valence-corrected chi connectivity index (χ4v) is 2.53. The van der Waals surface area contributed by atoms with Gasteiger partial charge in [-0.15, -0.1) is 10.2 Å². The van der Waals surface area contributed by atoms with Gasteiger partial charge in [0.1, 0.15) is 17.4 Å². The Kier molecular flexibility index (Phi) is 5.66. The zero-order chi connectivity index (χ0) is 19.2. The number of carbonyl (C=O) groups excluding carboxylic acids is 1. The maximum atomic E-state index is 13.5. The van der Waals surface area contributed by atoms with Crippen LogP contribution in [0.5, 0.6) is 0 Å². The van der Waals surface area contributed by atoms with E-state index in [1.54, 1.807) is 12.1 Å². The number of halogens is 2. The Morgan fingerprint density at radius 3 is 2.96 bits per heavy atom. The van der Waals surface area contributed by atoms with Gasteiger partial charge in [-0.2, -0.15) is 5.10 Å². The molecule has 3 rings (SSSR count). The van der Waals surface area contributed by atoms with Crippen LogP contribution in [0.2, 0.25) is 0 Å². The van der Waals surface area contributed by atoms with E-state index in [1.807, 2.05) is 0 Å². The largest absolute Gasteiger partial charge is 0.463 e. The third-order valence-corrected chi connectivity index (χ3v) is 4.04. The van der Waals surface area contributed by atoms with Crippen LogP contribution < -0.4 is 16.6 Å². The number of amides is 1. The molecule has 0 unspecified atom stereocenters. The van der Waals surface area contributed by atoms with Crippen LogP contribution >= 0.6 is 11.8 Å². The molecule has 0 saturated heterocycles. The van der Waals surface area contributed by atoms with Crippen LogP contribution in [0.4, 0.5) is 20.4 Å².